The number of carbonyl (C=O) groups is 2. The Morgan fingerprint density at radius 3 is 2.92 bits per heavy atom. The van der Waals surface area contributed by atoms with Crippen molar-refractivity contribution in [1.82, 2.24) is 14.7 Å². The fraction of sp³-hybridized carbons (Fsp3) is 0.188. The van der Waals surface area contributed by atoms with E-state index >= 15 is 0 Å². The van der Waals surface area contributed by atoms with Crippen LogP contribution >= 0.6 is 39.0 Å². The molecule has 3 aromatic rings. The van der Waals surface area contributed by atoms with Crippen LogP contribution in [0.25, 0.3) is 4.96 Å². The Bertz CT molecular complexity index is 865. The number of amides is 2. The van der Waals surface area contributed by atoms with Crippen molar-refractivity contribution in [3.05, 3.63) is 52.2 Å². The van der Waals surface area contributed by atoms with Gasteiger partial charge in [0.1, 0.15) is 0 Å². The highest BCUT2D eigenvalue weighted by atomic mass is 79.9. The third kappa shape index (κ3) is 5.32. The van der Waals surface area contributed by atoms with E-state index < -0.39 is 0 Å². The lowest BCUT2D eigenvalue weighted by molar-refractivity contribution is -0.118. The molecule has 0 aliphatic heterocycles. The number of aromatic nitrogens is 2. The molecule has 0 unspecified atom stereocenters. The van der Waals surface area contributed by atoms with Crippen molar-refractivity contribution in [3.63, 3.8) is 0 Å². The second-order valence-corrected chi connectivity index (χ2v) is 7.93. The van der Waals surface area contributed by atoms with Crippen LogP contribution in [-0.2, 0) is 16.1 Å². The van der Waals surface area contributed by atoms with E-state index in [9.17, 15) is 9.59 Å². The number of thiazole rings is 1. The minimum absolute atomic E-state index is 0.114. The molecule has 2 N–H and O–H groups in total. The second kappa shape index (κ2) is 8.50. The Balaban J connectivity index is 1.36. The maximum Gasteiger partial charge on any atom is 0.234 e. The van der Waals surface area contributed by atoms with Crippen LogP contribution in [0.15, 0.2) is 46.5 Å². The van der Waals surface area contributed by atoms with Crippen LogP contribution in [0.5, 0.6) is 0 Å². The van der Waals surface area contributed by atoms with Crippen molar-refractivity contribution in [1.29, 1.82) is 0 Å². The maximum absolute atomic E-state index is 11.9. The fourth-order valence-electron chi connectivity index (χ4n) is 2.10. The fourth-order valence-corrected chi connectivity index (χ4v) is 3.87. The lowest BCUT2D eigenvalue weighted by atomic mass is 10.3. The molecule has 2 amide bonds. The topological polar surface area (TPSA) is 75.5 Å². The minimum atomic E-state index is -0.134. The summed E-state index contributed by atoms with van der Waals surface area (Å²) in [5.74, 6) is 0.204. The van der Waals surface area contributed by atoms with Crippen LogP contribution in [0.3, 0.4) is 0 Å². The van der Waals surface area contributed by atoms with E-state index in [4.69, 9.17) is 0 Å². The van der Waals surface area contributed by atoms with Gasteiger partial charge >= 0.3 is 0 Å². The summed E-state index contributed by atoms with van der Waals surface area (Å²) in [6.07, 6.45) is 3.82. The Morgan fingerprint density at radius 1 is 1.28 bits per heavy atom. The highest BCUT2D eigenvalue weighted by Gasteiger charge is 2.08. The third-order valence-corrected chi connectivity index (χ3v) is 5.38. The van der Waals surface area contributed by atoms with E-state index in [0.717, 1.165) is 20.8 Å². The second-order valence-electron chi connectivity index (χ2n) is 5.15. The Morgan fingerprint density at radius 2 is 2.12 bits per heavy atom. The molecule has 1 aromatic carbocycles. The number of rotatable bonds is 7. The highest BCUT2D eigenvalue weighted by molar-refractivity contribution is 9.10. The third-order valence-electron chi connectivity index (χ3n) is 3.18. The molecule has 9 heteroatoms. The minimum Gasteiger partial charge on any atom is -0.350 e. The summed E-state index contributed by atoms with van der Waals surface area (Å²) in [5, 5.41) is 7.56. The van der Waals surface area contributed by atoms with Gasteiger partial charge in [-0.25, -0.2) is 4.98 Å². The molecule has 6 nitrogen and oxygen atoms in total. The summed E-state index contributed by atoms with van der Waals surface area (Å²) in [6, 6.07) is 7.37. The van der Waals surface area contributed by atoms with Gasteiger partial charge in [-0.1, -0.05) is 22.0 Å². The number of hydrogen-bond donors (Lipinski definition) is 2. The molecule has 130 valence electrons. The lowest BCUT2D eigenvalue weighted by Gasteiger charge is -2.06. The molecule has 0 aliphatic carbocycles. The van der Waals surface area contributed by atoms with Crippen LogP contribution in [0, 0.1) is 0 Å². The molecule has 0 saturated carbocycles. The number of thioether (sulfide) groups is 1. The summed E-state index contributed by atoms with van der Waals surface area (Å²) >= 11 is 6.18. The number of fused-ring (bicyclic) bond motifs is 1. The van der Waals surface area contributed by atoms with Gasteiger partial charge in [0.15, 0.2) is 4.96 Å². The molecule has 2 heterocycles. The number of nitrogens with one attached hydrogen (secondary N) is 2. The lowest BCUT2D eigenvalue weighted by Crippen LogP contribution is -2.25. The molecule has 0 aliphatic rings. The molecule has 25 heavy (non-hydrogen) atoms. The standard InChI is InChI=1S/C16H15BrN4O2S2/c17-11-2-1-3-12(6-11)19-15(23)10-24-9-14(22)18-7-13-8-21-4-5-25-16(21)20-13/h1-6,8H,7,9-10H2,(H,18,22)(H,19,23). The monoisotopic (exact) mass is 438 g/mol. The molecule has 0 fully saturated rings. The summed E-state index contributed by atoms with van der Waals surface area (Å²) in [5.41, 5.74) is 1.54. The molecule has 0 atom stereocenters. The van der Waals surface area contributed by atoms with Crippen molar-refractivity contribution in [2.75, 3.05) is 16.8 Å². The first-order valence-electron chi connectivity index (χ1n) is 7.41. The zero-order chi connectivity index (χ0) is 17.6. The SMILES string of the molecule is O=C(CSCC(=O)Nc1cccc(Br)c1)NCc1cn2ccsc2n1. The van der Waals surface area contributed by atoms with E-state index in [0.29, 0.717) is 6.54 Å². The van der Waals surface area contributed by atoms with Crippen LogP contribution in [0.2, 0.25) is 0 Å². The molecule has 0 spiro atoms. The average molecular weight is 439 g/mol. The van der Waals surface area contributed by atoms with Crippen LogP contribution < -0.4 is 10.6 Å². The normalized spacial score (nSPS) is 10.8. The number of carbonyl (C=O) groups excluding carboxylic acids is 2. The van der Waals surface area contributed by atoms with Crippen LogP contribution in [0.4, 0.5) is 5.69 Å². The van der Waals surface area contributed by atoms with Crippen LogP contribution in [-0.4, -0.2) is 32.7 Å². The van der Waals surface area contributed by atoms with Gasteiger partial charge in [-0.15, -0.1) is 23.1 Å². The van der Waals surface area contributed by atoms with E-state index in [1.165, 1.54) is 11.8 Å². The molecule has 2 aromatic heterocycles. The maximum atomic E-state index is 11.9. The molecule has 0 radical (unpaired) electrons. The zero-order valence-electron chi connectivity index (χ0n) is 13.1. The van der Waals surface area contributed by atoms with Gasteiger partial charge in [-0.2, -0.15) is 0 Å². The largest absolute Gasteiger partial charge is 0.350 e. The molecular formula is C16H15BrN4O2S2. The summed E-state index contributed by atoms with van der Waals surface area (Å²) in [6.45, 7) is 0.387. The van der Waals surface area contributed by atoms with E-state index in [1.54, 1.807) is 11.3 Å². The van der Waals surface area contributed by atoms with Gasteiger partial charge in [0.2, 0.25) is 11.8 Å². The van der Waals surface area contributed by atoms with Crippen molar-refractivity contribution < 1.29 is 9.59 Å². The number of nitrogens with zero attached hydrogens (tertiary/aromatic N) is 2. The summed E-state index contributed by atoms with van der Waals surface area (Å²) < 4.78 is 2.82. The van der Waals surface area contributed by atoms with Gasteiger partial charge in [0.25, 0.3) is 0 Å². The van der Waals surface area contributed by atoms with Crippen LogP contribution in [0.1, 0.15) is 5.69 Å². The number of hydrogen-bond acceptors (Lipinski definition) is 5. The summed E-state index contributed by atoms with van der Waals surface area (Å²) in [4.78, 5) is 29.0. The van der Waals surface area contributed by atoms with Gasteiger partial charge in [0.05, 0.1) is 23.7 Å². The van der Waals surface area contributed by atoms with E-state index in [2.05, 4.69) is 31.5 Å². The number of anilines is 1. The molecule has 0 saturated heterocycles. The number of imidazole rings is 1. The zero-order valence-corrected chi connectivity index (χ0v) is 16.3. The van der Waals surface area contributed by atoms with Crippen molar-refractivity contribution in [2.24, 2.45) is 0 Å². The summed E-state index contributed by atoms with van der Waals surface area (Å²) in [7, 11) is 0. The Labute approximate surface area is 161 Å². The van der Waals surface area contributed by atoms with E-state index in [1.807, 2.05) is 46.4 Å². The smallest absolute Gasteiger partial charge is 0.234 e. The Kier molecular flexibility index (Phi) is 6.11. The first-order valence-corrected chi connectivity index (χ1v) is 10.2. The Hall–Kier alpha value is -1.84. The molecule has 0 bridgehead atoms. The van der Waals surface area contributed by atoms with Gasteiger partial charge in [0, 0.05) is 27.9 Å². The number of benzene rings is 1. The number of halogens is 1. The first kappa shape index (κ1) is 18.0. The van der Waals surface area contributed by atoms with Crippen molar-refractivity contribution in [2.45, 2.75) is 6.54 Å². The first-order chi connectivity index (χ1) is 12.1. The highest BCUT2D eigenvalue weighted by Crippen LogP contribution is 2.16. The van der Waals surface area contributed by atoms with Crippen molar-refractivity contribution >= 4 is 61.5 Å². The molecular weight excluding hydrogens is 424 g/mol. The van der Waals surface area contributed by atoms with Gasteiger partial charge < -0.3 is 10.6 Å². The van der Waals surface area contributed by atoms with E-state index in [-0.39, 0.29) is 23.3 Å². The van der Waals surface area contributed by atoms with Crippen molar-refractivity contribution in [3.8, 4) is 0 Å². The van der Waals surface area contributed by atoms with Gasteiger partial charge in [-0.3, -0.25) is 14.0 Å². The predicted octanol–water partition coefficient (Wildman–Crippen LogP) is 3.15. The molecule has 3 rings (SSSR count). The average Bonchev–Trinajstić information content (AvgIpc) is 3.14. The predicted molar refractivity (Wildman–Crippen MR) is 105 cm³/mol. The quantitative estimate of drug-likeness (QED) is 0.593. The van der Waals surface area contributed by atoms with Gasteiger partial charge in [-0.05, 0) is 18.2 Å².